The minimum atomic E-state index is 1.05. The monoisotopic (exact) mass is 357 g/mol. The summed E-state index contributed by atoms with van der Waals surface area (Å²) in [6, 6.07) is 8.70. The van der Waals surface area contributed by atoms with Gasteiger partial charge in [-0.25, -0.2) is 9.97 Å². The summed E-state index contributed by atoms with van der Waals surface area (Å²) in [5, 5.41) is 4.51. The highest BCUT2D eigenvalue weighted by Crippen LogP contribution is 2.37. The highest BCUT2D eigenvalue weighted by molar-refractivity contribution is 7.99. The molecule has 0 saturated heterocycles. The minimum Gasteiger partial charge on any atom is -0.303 e. The molecule has 0 spiro atoms. The number of rotatable bonds is 7. The van der Waals surface area contributed by atoms with Crippen LogP contribution in [-0.4, -0.2) is 40.3 Å². The second-order valence-electron chi connectivity index (χ2n) is 5.75. The van der Waals surface area contributed by atoms with E-state index in [0.29, 0.717) is 0 Å². The summed E-state index contributed by atoms with van der Waals surface area (Å²) in [6.07, 6.45) is 1.69. The highest BCUT2D eigenvalue weighted by Gasteiger charge is 2.13. The zero-order valence-electron chi connectivity index (χ0n) is 14.5. The van der Waals surface area contributed by atoms with Crippen molar-refractivity contribution in [3.63, 3.8) is 0 Å². The smallest absolute Gasteiger partial charge is 0.128 e. The van der Waals surface area contributed by atoms with E-state index in [4.69, 9.17) is 0 Å². The number of nitrogens with zero attached hydrogens (tertiary/aromatic N) is 3. The van der Waals surface area contributed by atoms with E-state index in [9.17, 15) is 0 Å². The third kappa shape index (κ3) is 3.79. The molecular weight excluding hydrogens is 334 g/mol. The molecule has 0 aliphatic rings. The Balaban J connectivity index is 1.88. The van der Waals surface area contributed by atoms with Crippen molar-refractivity contribution in [3.8, 4) is 11.1 Å². The second kappa shape index (κ2) is 8.10. The topological polar surface area (TPSA) is 29.0 Å². The summed E-state index contributed by atoms with van der Waals surface area (Å²) in [4.78, 5) is 12.6. The van der Waals surface area contributed by atoms with Crippen LogP contribution < -0.4 is 0 Å². The third-order valence-corrected chi connectivity index (χ3v) is 6.09. The second-order valence-corrected chi connectivity index (χ2v) is 7.69. The predicted molar refractivity (Wildman–Crippen MR) is 106 cm³/mol. The molecule has 5 heteroatoms. The summed E-state index contributed by atoms with van der Waals surface area (Å²) in [5.74, 6) is 1.05. The molecule has 2 aromatic heterocycles. The van der Waals surface area contributed by atoms with Gasteiger partial charge in [-0.2, -0.15) is 0 Å². The van der Waals surface area contributed by atoms with Crippen LogP contribution in [0.2, 0.25) is 0 Å². The predicted octanol–water partition coefficient (Wildman–Crippen LogP) is 5.10. The average molecular weight is 358 g/mol. The van der Waals surface area contributed by atoms with Crippen LogP contribution in [0.3, 0.4) is 0 Å². The molecule has 3 nitrogen and oxygen atoms in total. The number of fused-ring (bicyclic) bond motifs is 1. The van der Waals surface area contributed by atoms with Gasteiger partial charge in [-0.05, 0) is 25.6 Å². The normalized spacial score (nSPS) is 11.5. The molecule has 126 valence electrons. The van der Waals surface area contributed by atoms with E-state index < -0.39 is 0 Å². The van der Waals surface area contributed by atoms with Crippen molar-refractivity contribution in [2.45, 2.75) is 25.8 Å². The minimum absolute atomic E-state index is 1.05. The zero-order chi connectivity index (χ0) is 16.9. The molecular formula is C19H23N3S2. The van der Waals surface area contributed by atoms with E-state index in [1.165, 1.54) is 22.1 Å². The van der Waals surface area contributed by atoms with Crippen molar-refractivity contribution in [3.05, 3.63) is 41.5 Å². The van der Waals surface area contributed by atoms with Crippen LogP contribution in [0.1, 0.15) is 19.4 Å². The molecule has 3 rings (SSSR count). The largest absolute Gasteiger partial charge is 0.303 e. The van der Waals surface area contributed by atoms with Gasteiger partial charge in [-0.3, -0.25) is 0 Å². The number of thioether (sulfide) groups is 1. The molecule has 2 heterocycles. The van der Waals surface area contributed by atoms with Crippen molar-refractivity contribution < 1.29 is 0 Å². The molecule has 0 atom stereocenters. The fourth-order valence-electron chi connectivity index (χ4n) is 2.71. The highest BCUT2D eigenvalue weighted by atomic mass is 32.2. The summed E-state index contributed by atoms with van der Waals surface area (Å²) < 4.78 is 0. The number of aromatic nitrogens is 2. The maximum atomic E-state index is 4.57. The Hall–Kier alpha value is -1.43. The van der Waals surface area contributed by atoms with Gasteiger partial charge >= 0.3 is 0 Å². The third-order valence-electron chi connectivity index (χ3n) is 4.24. The van der Waals surface area contributed by atoms with Crippen molar-refractivity contribution in [2.75, 3.05) is 25.4 Å². The number of hydrogen-bond acceptors (Lipinski definition) is 5. The molecule has 0 N–H and O–H groups in total. The molecule has 0 fully saturated rings. The summed E-state index contributed by atoms with van der Waals surface area (Å²) in [5.41, 5.74) is 3.77. The van der Waals surface area contributed by atoms with Crippen LogP contribution >= 0.6 is 23.1 Å². The van der Waals surface area contributed by atoms with Gasteiger partial charge in [0.2, 0.25) is 0 Å². The molecule has 3 aromatic rings. The van der Waals surface area contributed by atoms with Gasteiger partial charge in [0.15, 0.2) is 0 Å². The average Bonchev–Trinajstić information content (AvgIpc) is 3.04. The van der Waals surface area contributed by atoms with E-state index in [-0.39, 0.29) is 0 Å². The number of hydrogen-bond donors (Lipinski definition) is 0. The van der Waals surface area contributed by atoms with Crippen LogP contribution in [0.15, 0.2) is 41.0 Å². The molecule has 1 aromatic carbocycles. The molecule has 24 heavy (non-hydrogen) atoms. The van der Waals surface area contributed by atoms with Gasteiger partial charge in [0.1, 0.15) is 16.2 Å². The molecule has 0 radical (unpaired) electrons. The van der Waals surface area contributed by atoms with E-state index in [1.807, 2.05) is 11.8 Å². The lowest BCUT2D eigenvalue weighted by Crippen LogP contribution is -2.25. The first-order valence-electron chi connectivity index (χ1n) is 8.37. The molecule has 0 saturated carbocycles. The van der Waals surface area contributed by atoms with Gasteiger partial charge in [0.05, 0.1) is 5.39 Å². The summed E-state index contributed by atoms with van der Waals surface area (Å²) >= 11 is 3.54. The fraction of sp³-hybridized carbons (Fsp3) is 0.368. The lowest BCUT2D eigenvalue weighted by Gasteiger charge is -2.17. The zero-order valence-corrected chi connectivity index (χ0v) is 16.1. The van der Waals surface area contributed by atoms with Crippen molar-refractivity contribution in [2.24, 2.45) is 0 Å². The quantitative estimate of drug-likeness (QED) is 0.434. The Morgan fingerprint density at radius 2 is 1.83 bits per heavy atom. The van der Waals surface area contributed by atoms with Crippen LogP contribution in [0.4, 0.5) is 0 Å². The molecule has 0 aliphatic heterocycles. The van der Waals surface area contributed by atoms with Crippen LogP contribution in [0, 0.1) is 6.92 Å². The number of benzene rings is 1. The van der Waals surface area contributed by atoms with Crippen LogP contribution in [-0.2, 0) is 0 Å². The van der Waals surface area contributed by atoms with E-state index in [2.05, 4.69) is 65.3 Å². The molecule has 0 amide bonds. The van der Waals surface area contributed by atoms with Gasteiger partial charge < -0.3 is 4.90 Å². The fourth-order valence-corrected chi connectivity index (χ4v) is 4.71. The van der Waals surface area contributed by atoms with Crippen molar-refractivity contribution in [1.29, 1.82) is 0 Å². The number of aryl methyl sites for hydroxylation is 1. The van der Waals surface area contributed by atoms with E-state index in [1.54, 1.807) is 17.7 Å². The van der Waals surface area contributed by atoms with E-state index in [0.717, 1.165) is 35.2 Å². The molecule has 0 bridgehead atoms. The van der Waals surface area contributed by atoms with Crippen LogP contribution in [0.5, 0.6) is 0 Å². The maximum absolute atomic E-state index is 4.57. The first kappa shape index (κ1) is 17.4. The van der Waals surface area contributed by atoms with Gasteiger partial charge in [-0.15, -0.1) is 23.1 Å². The number of thiophene rings is 1. The Kier molecular flexibility index (Phi) is 5.87. The lowest BCUT2D eigenvalue weighted by molar-refractivity contribution is 0.324. The van der Waals surface area contributed by atoms with Gasteiger partial charge in [0, 0.05) is 23.2 Å². The van der Waals surface area contributed by atoms with E-state index >= 15 is 0 Å². The first-order valence-corrected chi connectivity index (χ1v) is 10.2. The summed E-state index contributed by atoms with van der Waals surface area (Å²) in [6.45, 7) is 9.84. The SMILES string of the molecule is CCN(CC)CCSc1ncnc2scc(-c3ccc(C)cc3)c12. The Labute approximate surface area is 152 Å². The standard InChI is InChI=1S/C19H23N3S2/c1-4-22(5-2)10-11-23-18-17-16(12-24-19(17)21-13-20-18)15-8-6-14(3)7-9-15/h6-9,12-13H,4-5,10-11H2,1-3H3. The summed E-state index contributed by atoms with van der Waals surface area (Å²) in [7, 11) is 0. The van der Waals surface area contributed by atoms with Gasteiger partial charge in [-0.1, -0.05) is 43.7 Å². The maximum Gasteiger partial charge on any atom is 0.128 e. The Morgan fingerprint density at radius 1 is 1.08 bits per heavy atom. The molecule has 0 aliphatic carbocycles. The lowest BCUT2D eigenvalue weighted by atomic mass is 10.1. The van der Waals surface area contributed by atoms with Crippen molar-refractivity contribution in [1.82, 2.24) is 14.9 Å². The van der Waals surface area contributed by atoms with Gasteiger partial charge in [0.25, 0.3) is 0 Å². The first-order chi connectivity index (χ1) is 11.7. The van der Waals surface area contributed by atoms with Crippen LogP contribution in [0.25, 0.3) is 21.3 Å². The van der Waals surface area contributed by atoms with Crippen molar-refractivity contribution >= 4 is 33.3 Å². The Morgan fingerprint density at radius 3 is 2.54 bits per heavy atom. The Bertz CT molecular complexity index is 792. The molecule has 0 unspecified atom stereocenters.